The number of aryl methyl sites for hydroxylation is 1. The van der Waals surface area contributed by atoms with Crippen molar-refractivity contribution in [3.05, 3.63) is 42.5 Å². The molecule has 29 heavy (non-hydrogen) atoms. The van der Waals surface area contributed by atoms with E-state index >= 15 is 0 Å². The number of rotatable bonds is 9. The Bertz CT molecular complexity index is 696. The fraction of sp³-hybridized carbons (Fsp3) is 0.545. The highest BCUT2D eigenvalue weighted by Crippen LogP contribution is 2.21. The van der Waals surface area contributed by atoms with Gasteiger partial charge in [0.05, 0.1) is 5.41 Å². The minimum absolute atomic E-state index is 0.153. The topological polar surface area (TPSA) is 81.7 Å². The molecule has 0 saturated carbocycles. The van der Waals surface area contributed by atoms with E-state index in [-0.39, 0.29) is 17.3 Å². The minimum Gasteiger partial charge on any atom is -0.461 e. The fourth-order valence-electron chi connectivity index (χ4n) is 1.55. The molecule has 0 aliphatic rings. The molecule has 1 amide bonds. The second-order valence-corrected chi connectivity index (χ2v) is 8.76. The molecule has 1 N–H and O–H groups in total. The summed E-state index contributed by atoms with van der Waals surface area (Å²) < 4.78 is 24.0. The summed E-state index contributed by atoms with van der Waals surface area (Å²) in [7, 11) is 0. The highest BCUT2D eigenvalue weighted by molar-refractivity contribution is 7.79. The highest BCUT2D eigenvalue weighted by atomic mass is 32.2. The molecule has 1 aromatic rings. The third kappa shape index (κ3) is 10.3. The Hall–Kier alpha value is -2.15. The van der Waals surface area contributed by atoms with Gasteiger partial charge in [0.25, 0.3) is 0 Å². The first-order valence-corrected chi connectivity index (χ1v) is 10.7. The largest absolute Gasteiger partial charge is 0.461 e. The third-order valence-corrected chi connectivity index (χ3v) is 5.33. The zero-order valence-electron chi connectivity index (χ0n) is 18.7. The second kappa shape index (κ2) is 12.4. The Morgan fingerprint density at radius 2 is 1.59 bits per heavy atom. The molecular weight excluding hydrogens is 390 g/mol. The van der Waals surface area contributed by atoms with Crippen LogP contribution in [0.5, 0.6) is 5.75 Å². The smallest absolute Gasteiger partial charge is 0.318 e. The molecule has 0 heterocycles. The van der Waals surface area contributed by atoms with Crippen molar-refractivity contribution in [1.29, 1.82) is 0 Å². The lowest BCUT2D eigenvalue weighted by atomic mass is 9.90. The van der Waals surface area contributed by atoms with Gasteiger partial charge >= 0.3 is 17.2 Å². The van der Waals surface area contributed by atoms with E-state index in [4.69, 9.17) is 8.92 Å². The molecule has 6 nitrogen and oxygen atoms in total. The van der Waals surface area contributed by atoms with Crippen LogP contribution in [-0.4, -0.2) is 22.7 Å². The predicted molar refractivity (Wildman–Crippen MR) is 117 cm³/mol. The van der Waals surface area contributed by atoms with Crippen LogP contribution in [0.2, 0.25) is 0 Å². The fourth-order valence-corrected chi connectivity index (χ4v) is 2.31. The maximum absolute atomic E-state index is 11.8. The van der Waals surface area contributed by atoms with E-state index in [1.165, 1.54) is 0 Å². The molecule has 0 aliphatic heterocycles. The normalized spacial score (nSPS) is 12.1. The van der Waals surface area contributed by atoms with E-state index in [0.29, 0.717) is 18.8 Å². The first kappa shape index (κ1) is 26.9. The van der Waals surface area contributed by atoms with E-state index in [9.17, 15) is 13.8 Å². The SMILES string of the molecule is C=CCOC(=O)C(C)(C)CC.CCC(C)(C)C(=O)NS(=O)Oc1ccc(C)cc1. The van der Waals surface area contributed by atoms with Gasteiger partial charge in [-0.3, -0.25) is 9.59 Å². The molecule has 1 unspecified atom stereocenters. The van der Waals surface area contributed by atoms with Crippen LogP contribution >= 0.6 is 0 Å². The van der Waals surface area contributed by atoms with Gasteiger partial charge in [0.1, 0.15) is 12.4 Å². The first-order chi connectivity index (χ1) is 13.4. The van der Waals surface area contributed by atoms with Crippen LogP contribution in [0, 0.1) is 17.8 Å². The number of carbonyl (C=O) groups excluding carboxylic acids is 2. The molecule has 0 bridgehead atoms. The van der Waals surface area contributed by atoms with Gasteiger partial charge in [0.2, 0.25) is 5.91 Å². The van der Waals surface area contributed by atoms with Gasteiger partial charge in [-0.2, -0.15) is 4.21 Å². The van der Waals surface area contributed by atoms with E-state index in [1.54, 1.807) is 32.1 Å². The molecule has 0 spiro atoms. The number of benzene rings is 1. The average molecular weight is 426 g/mol. The standard InChI is InChI=1S/C13H19NO3S.C9H16O2/c1-5-13(3,4)12(15)14-18(16)17-11-8-6-10(2)7-9-11;1-5-7-11-8(10)9(3,4)6-2/h6-9H,5H2,1-4H3,(H,14,15);5H,1,6-7H2,2-4H3. The number of carbonyl (C=O) groups is 2. The lowest BCUT2D eigenvalue weighted by Crippen LogP contribution is -2.38. The van der Waals surface area contributed by atoms with E-state index in [1.807, 2.05) is 46.8 Å². The van der Waals surface area contributed by atoms with Crippen molar-refractivity contribution < 1.29 is 22.7 Å². The summed E-state index contributed by atoms with van der Waals surface area (Å²) in [6, 6.07) is 7.13. The van der Waals surface area contributed by atoms with Crippen LogP contribution in [0.15, 0.2) is 36.9 Å². The molecule has 1 rings (SSSR count). The molecule has 1 aromatic carbocycles. The van der Waals surface area contributed by atoms with Gasteiger partial charge in [0.15, 0.2) is 0 Å². The summed E-state index contributed by atoms with van der Waals surface area (Å²) in [5.74, 6) is 0.0314. The molecule has 0 saturated heterocycles. The van der Waals surface area contributed by atoms with Gasteiger partial charge in [-0.15, -0.1) is 0 Å². The number of hydrogen-bond donors (Lipinski definition) is 1. The van der Waals surface area contributed by atoms with Crippen LogP contribution in [0.1, 0.15) is 59.9 Å². The van der Waals surface area contributed by atoms with Crippen molar-refractivity contribution in [3.8, 4) is 5.75 Å². The summed E-state index contributed by atoms with van der Waals surface area (Å²) in [6.07, 6.45) is 3.03. The summed E-state index contributed by atoms with van der Waals surface area (Å²) in [5, 5.41) is 0. The van der Waals surface area contributed by atoms with Crippen molar-refractivity contribution in [2.75, 3.05) is 6.61 Å². The van der Waals surface area contributed by atoms with E-state index in [2.05, 4.69) is 11.3 Å². The average Bonchev–Trinajstić information content (AvgIpc) is 2.68. The Morgan fingerprint density at radius 1 is 1.07 bits per heavy atom. The summed E-state index contributed by atoms with van der Waals surface area (Å²) in [4.78, 5) is 23.0. The summed E-state index contributed by atoms with van der Waals surface area (Å²) in [5.41, 5.74) is 0.180. The van der Waals surface area contributed by atoms with Gasteiger partial charge in [-0.25, -0.2) is 4.72 Å². The first-order valence-electron chi connectivity index (χ1n) is 9.65. The third-order valence-electron chi connectivity index (χ3n) is 4.64. The maximum Gasteiger partial charge on any atom is 0.318 e. The van der Waals surface area contributed by atoms with E-state index in [0.717, 1.165) is 12.0 Å². The molecule has 7 heteroatoms. The number of hydrogen-bond acceptors (Lipinski definition) is 5. The van der Waals surface area contributed by atoms with Gasteiger partial charge in [0, 0.05) is 5.41 Å². The molecule has 1 atom stereocenters. The zero-order chi connectivity index (χ0) is 22.7. The molecule has 0 radical (unpaired) electrons. The summed E-state index contributed by atoms with van der Waals surface area (Å²) >= 11 is -1.86. The van der Waals surface area contributed by atoms with Crippen LogP contribution in [0.4, 0.5) is 0 Å². The van der Waals surface area contributed by atoms with E-state index < -0.39 is 16.7 Å². The predicted octanol–water partition coefficient (Wildman–Crippen LogP) is 4.66. The molecular formula is C22H35NO5S. The lowest BCUT2D eigenvalue weighted by molar-refractivity contribution is -0.152. The van der Waals surface area contributed by atoms with Crippen LogP contribution in [0.25, 0.3) is 0 Å². The molecule has 0 aliphatic carbocycles. The van der Waals surface area contributed by atoms with Crippen LogP contribution < -0.4 is 8.91 Å². The Balaban J connectivity index is 0.000000614. The van der Waals surface area contributed by atoms with Crippen molar-refractivity contribution in [1.82, 2.24) is 4.72 Å². The molecule has 0 fully saturated rings. The summed E-state index contributed by atoms with van der Waals surface area (Å²) in [6.45, 7) is 16.9. The number of esters is 1. The Kier molecular flexibility index (Phi) is 11.5. The Labute approximate surface area is 177 Å². The lowest BCUT2D eigenvalue weighted by Gasteiger charge is -2.20. The van der Waals surface area contributed by atoms with Gasteiger partial charge < -0.3 is 8.92 Å². The Morgan fingerprint density at radius 3 is 2.03 bits per heavy atom. The molecule has 164 valence electrons. The van der Waals surface area contributed by atoms with Crippen molar-refractivity contribution in [2.45, 2.75) is 61.3 Å². The van der Waals surface area contributed by atoms with Crippen molar-refractivity contribution >= 4 is 23.1 Å². The van der Waals surface area contributed by atoms with Gasteiger partial charge in [-0.05, 0) is 45.7 Å². The maximum atomic E-state index is 11.8. The number of amides is 1. The highest BCUT2D eigenvalue weighted by Gasteiger charge is 2.27. The number of nitrogens with one attached hydrogen (secondary N) is 1. The number of ether oxygens (including phenoxy) is 1. The van der Waals surface area contributed by atoms with Crippen LogP contribution in [0.3, 0.4) is 0 Å². The van der Waals surface area contributed by atoms with Gasteiger partial charge in [-0.1, -0.05) is 58.0 Å². The quantitative estimate of drug-likeness (QED) is 0.460. The van der Waals surface area contributed by atoms with Crippen LogP contribution in [-0.2, 0) is 25.6 Å². The van der Waals surface area contributed by atoms with Crippen molar-refractivity contribution in [2.24, 2.45) is 10.8 Å². The molecule has 0 aromatic heterocycles. The monoisotopic (exact) mass is 425 g/mol. The minimum atomic E-state index is -1.86. The second-order valence-electron chi connectivity index (χ2n) is 7.92. The zero-order valence-corrected chi connectivity index (χ0v) is 19.5. The van der Waals surface area contributed by atoms with Crippen molar-refractivity contribution in [3.63, 3.8) is 0 Å².